The molecule has 0 N–H and O–H groups in total. The van der Waals surface area contributed by atoms with Crippen LogP contribution >= 0.6 is 11.3 Å². The Morgan fingerprint density at radius 3 is 2.55 bits per heavy atom. The van der Waals surface area contributed by atoms with Gasteiger partial charge in [-0.3, -0.25) is 4.79 Å². The van der Waals surface area contributed by atoms with E-state index in [1.165, 1.54) is 17.6 Å². The smallest absolute Gasteiger partial charge is 0.250 e. The van der Waals surface area contributed by atoms with Gasteiger partial charge in [-0.15, -0.1) is 0 Å². The van der Waals surface area contributed by atoms with E-state index in [0.717, 1.165) is 10.2 Å². The summed E-state index contributed by atoms with van der Waals surface area (Å²) >= 11 is 1.31. The normalized spacial score (nSPS) is 13.3. The number of fused-ring (bicyclic) bond motifs is 1. The van der Waals surface area contributed by atoms with E-state index in [2.05, 4.69) is 4.99 Å². The van der Waals surface area contributed by atoms with E-state index in [-0.39, 0.29) is 16.7 Å². The first-order chi connectivity index (χ1) is 9.20. The summed E-state index contributed by atoms with van der Waals surface area (Å²) in [4.78, 5) is 16.6. The average molecular weight is 312 g/mol. The van der Waals surface area contributed by atoms with Crippen LogP contribution in [0.2, 0.25) is 0 Å². The fourth-order valence-corrected chi connectivity index (χ4v) is 3.46. The SMILES string of the molecule is CC(C)C(=O)N=c1sc2cc(S(C)(=O)=O)ccc2n1C. The Morgan fingerprint density at radius 1 is 1.35 bits per heavy atom. The van der Waals surface area contributed by atoms with Gasteiger partial charge in [0.05, 0.1) is 15.1 Å². The number of aryl methyl sites for hydroxylation is 1. The van der Waals surface area contributed by atoms with Crippen LogP contribution in [0.25, 0.3) is 10.2 Å². The van der Waals surface area contributed by atoms with E-state index in [1.54, 1.807) is 36.6 Å². The molecule has 0 fully saturated rings. The molecule has 0 aliphatic heterocycles. The van der Waals surface area contributed by atoms with Gasteiger partial charge in [-0.1, -0.05) is 25.2 Å². The molecule has 0 bridgehead atoms. The van der Waals surface area contributed by atoms with Gasteiger partial charge in [0, 0.05) is 19.2 Å². The first-order valence-electron chi connectivity index (χ1n) is 6.08. The van der Waals surface area contributed by atoms with E-state index in [4.69, 9.17) is 0 Å². The Hall–Kier alpha value is -1.47. The van der Waals surface area contributed by atoms with Crippen molar-refractivity contribution in [2.75, 3.05) is 6.26 Å². The molecule has 2 rings (SSSR count). The zero-order chi connectivity index (χ0) is 15.1. The van der Waals surface area contributed by atoms with Gasteiger partial charge >= 0.3 is 0 Å². The Bertz CT molecular complexity index is 842. The summed E-state index contributed by atoms with van der Waals surface area (Å²) in [6.07, 6.45) is 1.18. The largest absolute Gasteiger partial charge is 0.319 e. The maximum absolute atomic E-state index is 11.7. The predicted molar refractivity (Wildman–Crippen MR) is 79.3 cm³/mol. The summed E-state index contributed by atoms with van der Waals surface area (Å²) in [5.41, 5.74) is 0.859. The van der Waals surface area contributed by atoms with Gasteiger partial charge in [-0.25, -0.2) is 8.42 Å². The van der Waals surface area contributed by atoms with Gasteiger partial charge in [0.1, 0.15) is 0 Å². The molecule has 0 atom stereocenters. The molecule has 0 aliphatic carbocycles. The van der Waals surface area contributed by atoms with Gasteiger partial charge in [0.25, 0.3) is 5.91 Å². The molecule has 7 heteroatoms. The van der Waals surface area contributed by atoms with Crippen molar-refractivity contribution in [1.29, 1.82) is 0 Å². The Morgan fingerprint density at radius 2 is 2.00 bits per heavy atom. The molecular weight excluding hydrogens is 296 g/mol. The number of aromatic nitrogens is 1. The summed E-state index contributed by atoms with van der Waals surface area (Å²) in [6, 6.07) is 4.92. The third-order valence-electron chi connectivity index (χ3n) is 2.91. The van der Waals surface area contributed by atoms with E-state index >= 15 is 0 Å². The fraction of sp³-hybridized carbons (Fsp3) is 0.385. The van der Waals surface area contributed by atoms with Crippen molar-refractivity contribution >= 4 is 37.3 Å². The molecule has 108 valence electrons. The maximum Gasteiger partial charge on any atom is 0.250 e. The third-order valence-corrected chi connectivity index (χ3v) is 5.11. The number of sulfone groups is 1. The molecule has 2 aromatic rings. The molecule has 1 amide bonds. The summed E-state index contributed by atoms with van der Waals surface area (Å²) in [5, 5.41) is 0. The number of hydrogen-bond donors (Lipinski definition) is 0. The zero-order valence-corrected chi connectivity index (χ0v) is 13.4. The van der Waals surface area contributed by atoms with Crippen LogP contribution in [-0.4, -0.2) is 25.1 Å². The van der Waals surface area contributed by atoms with E-state index < -0.39 is 9.84 Å². The van der Waals surface area contributed by atoms with Crippen molar-refractivity contribution in [2.24, 2.45) is 18.0 Å². The lowest BCUT2D eigenvalue weighted by Crippen LogP contribution is -2.15. The summed E-state index contributed by atoms with van der Waals surface area (Å²) in [6.45, 7) is 3.59. The molecule has 20 heavy (non-hydrogen) atoms. The minimum absolute atomic E-state index is 0.160. The highest BCUT2D eigenvalue weighted by Crippen LogP contribution is 2.21. The molecule has 1 aromatic carbocycles. The molecule has 0 unspecified atom stereocenters. The zero-order valence-electron chi connectivity index (χ0n) is 11.7. The van der Waals surface area contributed by atoms with Gasteiger partial charge in [-0.2, -0.15) is 4.99 Å². The summed E-state index contributed by atoms with van der Waals surface area (Å²) < 4.78 is 25.7. The molecule has 0 saturated carbocycles. The second kappa shape index (κ2) is 5.14. The number of nitrogens with zero attached hydrogens (tertiary/aromatic N) is 2. The molecule has 0 aliphatic rings. The minimum Gasteiger partial charge on any atom is -0.319 e. The predicted octanol–water partition coefficient (Wildman–Crippen LogP) is 1.73. The van der Waals surface area contributed by atoms with Crippen molar-refractivity contribution in [1.82, 2.24) is 4.57 Å². The number of carbonyl (C=O) groups is 1. The molecule has 1 heterocycles. The van der Waals surface area contributed by atoms with Crippen molar-refractivity contribution in [3.05, 3.63) is 23.0 Å². The van der Waals surface area contributed by atoms with Crippen molar-refractivity contribution in [3.8, 4) is 0 Å². The van der Waals surface area contributed by atoms with Crippen LogP contribution in [0.3, 0.4) is 0 Å². The summed E-state index contributed by atoms with van der Waals surface area (Å²) in [5.74, 6) is -0.345. The highest BCUT2D eigenvalue weighted by Gasteiger charge is 2.11. The van der Waals surface area contributed by atoms with Gasteiger partial charge in [-0.05, 0) is 18.2 Å². The second-order valence-corrected chi connectivity index (χ2v) is 7.97. The first-order valence-corrected chi connectivity index (χ1v) is 8.79. The number of carbonyl (C=O) groups excluding carboxylic acids is 1. The Labute approximate surface area is 121 Å². The Kier molecular flexibility index (Phi) is 3.84. The van der Waals surface area contributed by atoms with Crippen LogP contribution in [0.4, 0.5) is 0 Å². The van der Waals surface area contributed by atoms with Gasteiger partial charge in [0.15, 0.2) is 14.6 Å². The molecule has 0 radical (unpaired) electrons. The lowest BCUT2D eigenvalue weighted by Gasteiger charge is -1.99. The van der Waals surface area contributed by atoms with Crippen molar-refractivity contribution in [3.63, 3.8) is 0 Å². The fourth-order valence-electron chi connectivity index (χ4n) is 1.67. The number of hydrogen-bond acceptors (Lipinski definition) is 4. The van der Waals surface area contributed by atoms with E-state index in [1.807, 2.05) is 7.05 Å². The lowest BCUT2D eigenvalue weighted by molar-refractivity contribution is -0.120. The monoisotopic (exact) mass is 312 g/mol. The lowest BCUT2D eigenvalue weighted by atomic mass is 10.2. The third kappa shape index (κ3) is 2.83. The van der Waals surface area contributed by atoms with E-state index in [0.29, 0.717) is 4.80 Å². The molecule has 1 aromatic heterocycles. The Balaban J connectivity index is 2.67. The molecule has 0 saturated heterocycles. The molecular formula is C13H16N2O3S2. The van der Waals surface area contributed by atoms with Crippen LogP contribution in [0.1, 0.15) is 13.8 Å². The second-order valence-electron chi connectivity index (χ2n) is 4.95. The minimum atomic E-state index is -3.23. The standard InChI is InChI=1S/C13H16N2O3S2/c1-8(2)12(16)14-13-15(3)10-6-5-9(20(4,17)18)7-11(10)19-13/h5-8H,1-4H3. The topological polar surface area (TPSA) is 68.5 Å². The van der Waals surface area contributed by atoms with Crippen LogP contribution in [-0.2, 0) is 21.7 Å². The number of thiazole rings is 1. The van der Waals surface area contributed by atoms with Crippen LogP contribution in [0, 0.1) is 5.92 Å². The number of benzene rings is 1. The number of rotatable bonds is 2. The highest BCUT2D eigenvalue weighted by molar-refractivity contribution is 7.90. The average Bonchev–Trinajstić information content (AvgIpc) is 2.64. The van der Waals surface area contributed by atoms with E-state index in [9.17, 15) is 13.2 Å². The van der Waals surface area contributed by atoms with Gasteiger partial charge < -0.3 is 4.57 Å². The van der Waals surface area contributed by atoms with Crippen molar-refractivity contribution < 1.29 is 13.2 Å². The molecule has 0 spiro atoms. The first kappa shape index (κ1) is 14.9. The van der Waals surface area contributed by atoms with Crippen LogP contribution in [0.5, 0.6) is 0 Å². The quantitative estimate of drug-likeness (QED) is 0.848. The van der Waals surface area contributed by atoms with Crippen LogP contribution < -0.4 is 4.80 Å². The van der Waals surface area contributed by atoms with Gasteiger partial charge in [0.2, 0.25) is 0 Å². The molecule has 5 nitrogen and oxygen atoms in total. The van der Waals surface area contributed by atoms with Crippen LogP contribution in [0.15, 0.2) is 28.1 Å². The highest BCUT2D eigenvalue weighted by atomic mass is 32.2. The number of amides is 1. The van der Waals surface area contributed by atoms with Crippen molar-refractivity contribution in [2.45, 2.75) is 18.7 Å². The summed E-state index contributed by atoms with van der Waals surface area (Å²) in [7, 11) is -1.42. The maximum atomic E-state index is 11.7.